The molecule has 15 aromatic rings. The molecule has 1 heterocycles. The van der Waals surface area contributed by atoms with E-state index in [-0.39, 0.29) is 0 Å². The Bertz CT molecular complexity index is 4530. The number of benzene rings is 14. The summed E-state index contributed by atoms with van der Waals surface area (Å²) < 4.78 is 2.65. The quantitative estimate of drug-likeness (QED) is 0.156. The first-order valence-corrected chi connectivity index (χ1v) is 23.4. The lowest BCUT2D eigenvalue weighted by Gasteiger charge is -2.17. The SMILES string of the molecule is c1cc(-c2cc3c4ccccc4ccc3c3ccccc23)cc(-c2ccc3ccc4c(-c5ccc6sc7cc8c9ccccc9c9ccccc9c8cc7c6c5)ccc5ccc2c3c54)c1. The Kier molecular flexibility index (Phi) is 7.19. The topological polar surface area (TPSA) is 0 Å². The van der Waals surface area contributed by atoms with Gasteiger partial charge in [0, 0.05) is 20.2 Å². The summed E-state index contributed by atoms with van der Waals surface area (Å²) >= 11 is 1.90. The van der Waals surface area contributed by atoms with E-state index in [1.165, 1.54) is 151 Å². The van der Waals surface area contributed by atoms with E-state index in [2.05, 4.69) is 218 Å². The maximum absolute atomic E-state index is 2.47. The molecule has 0 saturated carbocycles. The molecule has 1 heteroatoms. The van der Waals surface area contributed by atoms with Gasteiger partial charge in [0.2, 0.25) is 0 Å². The maximum atomic E-state index is 2.47. The lowest BCUT2D eigenvalue weighted by Crippen LogP contribution is -1.90. The van der Waals surface area contributed by atoms with Gasteiger partial charge in [-0.3, -0.25) is 0 Å². The van der Waals surface area contributed by atoms with Gasteiger partial charge in [-0.2, -0.15) is 0 Å². The lowest BCUT2D eigenvalue weighted by molar-refractivity contribution is 1.64. The Balaban J connectivity index is 0.902. The summed E-state index contributed by atoms with van der Waals surface area (Å²) in [4.78, 5) is 0. The van der Waals surface area contributed by atoms with Crippen molar-refractivity contribution >= 4 is 128 Å². The first-order valence-electron chi connectivity index (χ1n) is 22.6. The van der Waals surface area contributed by atoms with Gasteiger partial charge in [0.1, 0.15) is 0 Å². The number of hydrogen-bond acceptors (Lipinski definition) is 1. The lowest BCUT2D eigenvalue weighted by atomic mass is 9.86. The summed E-state index contributed by atoms with van der Waals surface area (Å²) in [7, 11) is 0. The van der Waals surface area contributed by atoms with E-state index in [9.17, 15) is 0 Å². The van der Waals surface area contributed by atoms with E-state index in [4.69, 9.17) is 0 Å². The van der Waals surface area contributed by atoms with E-state index in [1.54, 1.807) is 0 Å². The number of hydrogen-bond donors (Lipinski definition) is 0. The van der Waals surface area contributed by atoms with Crippen LogP contribution >= 0.6 is 11.3 Å². The molecule has 0 aliphatic rings. The highest BCUT2D eigenvalue weighted by molar-refractivity contribution is 7.25. The van der Waals surface area contributed by atoms with Gasteiger partial charge >= 0.3 is 0 Å². The van der Waals surface area contributed by atoms with Gasteiger partial charge in [0.05, 0.1) is 0 Å². The molecule has 0 nitrogen and oxygen atoms in total. The first-order chi connectivity index (χ1) is 32.2. The van der Waals surface area contributed by atoms with Gasteiger partial charge in [-0.15, -0.1) is 11.3 Å². The zero-order valence-corrected chi connectivity index (χ0v) is 36.0. The summed E-state index contributed by atoms with van der Waals surface area (Å²) in [5.41, 5.74) is 7.50. The van der Waals surface area contributed by atoms with E-state index in [0.29, 0.717) is 0 Å². The molecule has 0 N–H and O–H groups in total. The van der Waals surface area contributed by atoms with Crippen molar-refractivity contribution in [3.8, 4) is 33.4 Å². The van der Waals surface area contributed by atoms with Crippen molar-refractivity contribution in [1.29, 1.82) is 0 Å². The van der Waals surface area contributed by atoms with Crippen LogP contribution < -0.4 is 0 Å². The van der Waals surface area contributed by atoms with Gasteiger partial charge < -0.3 is 0 Å². The minimum absolute atomic E-state index is 1.23. The molecular formula is C64H36S. The van der Waals surface area contributed by atoms with Gasteiger partial charge in [0.25, 0.3) is 0 Å². The minimum atomic E-state index is 1.23. The normalized spacial score (nSPS) is 12.3. The smallest absolute Gasteiger partial charge is 0.0362 e. The molecular weight excluding hydrogens is 801 g/mol. The average molecular weight is 837 g/mol. The van der Waals surface area contributed by atoms with E-state index in [0.717, 1.165) is 0 Å². The van der Waals surface area contributed by atoms with E-state index < -0.39 is 0 Å². The molecule has 0 fully saturated rings. The van der Waals surface area contributed by atoms with Crippen LogP contribution in [0.1, 0.15) is 0 Å². The zero-order valence-electron chi connectivity index (χ0n) is 35.2. The summed E-state index contributed by atoms with van der Waals surface area (Å²) in [6.07, 6.45) is 0. The van der Waals surface area contributed by atoms with Crippen LogP contribution in [0.3, 0.4) is 0 Å². The van der Waals surface area contributed by atoms with Gasteiger partial charge in [-0.25, -0.2) is 0 Å². The maximum Gasteiger partial charge on any atom is 0.0362 e. The third-order valence-corrected chi connectivity index (χ3v) is 15.7. The van der Waals surface area contributed by atoms with Crippen LogP contribution in [0.25, 0.3) is 151 Å². The van der Waals surface area contributed by atoms with Crippen molar-refractivity contribution in [1.82, 2.24) is 0 Å². The van der Waals surface area contributed by atoms with Gasteiger partial charge in [-0.05, 0) is 167 Å². The second-order valence-electron chi connectivity index (χ2n) is 17.9. The van der Waals surface area contributed by atoms with Crippen LogP contribution in [0.5, 0.6) is 0 Å². The fourth-order valence-electron chi connectivity index (χ4n) is 11.6. The number of fused-ring (bicyclic) bond motifs is 14. The molecule has 0 aliphatic heterocycles. The molecule has 14 aromatic carbocycles. The third-order valence-electron chi connectivity index (χ3n) is 14.6. The highest BCUT2D eigenvalue weighted by Crippen LogP contribution is 2.47. The molecule has 0 unspecified atom stereocenters. The summed E-state index contributed by atoms with van der Waals surface area (Å²) in [6, 6.07) is 82.4. The molecule has 0 atom stereocenters. The Morgan fingerprint density at radius 3 is 1.34 bits per heavy atom. The van der Waals surface area contributed by atoms with Crippen molar-refractivity contribution in [2.45, 2.75) is 0 Å². The predicted octanol–water partition coefficient (Wildman–Crippen LogP) is 18.9. The fourth-order valence-corrected chi connectivity index (χ4v) is 12.7. The highest BCUT2D eigenvalue weighted by atomic mass is 32.1. The Morgan fingerprint density at radius 1 is 0.200 bits per heavy atom. The van der Waals surface area contributed by atoms with Gasteiger partial charge in [0.15, 0.2) is 0 Å². The first kappa shape index (κ1) is 35.4. The van der Waals surface area contributed by atoms with Crippen molar-refractivity contribution < 1.29 is 0 Å². The molecule has 15 rings (SSSR count). The molecule has 65 heavy (non-hydrogen) atoms. The highest BCUT2D eigenvalue weighted by Gasteiger charge is 2.18. The van der Waals surface area contributed by atoms with Crippen molar-refractivity contribution in [3.63, 3.8) is 0 Å². The second kappa shape index (κ2) is 13.2. The van der Waals surface area contributed by atoms with E-state index >= 15 is 0 Å². The summed E-state index contributed by atoms with van der Waals surface area (Å²) in [6.45, 7) is 0. The summed E-state index contributed by atoms with van der Waals surface area (Å²) in [5.74, 6) is 0. The zero-order chi connectivity index (χ0) is 42.3. The van der Waals surface area contributed by atoms with E-state index in [1.807, 2.05) is 11.3 Å². The van der Waals surface area contributed by atoms with Crippen molar-refractivity contribution in [2.75, 3.05) is 0 Å². The van der Waals surface area contributed by atoms with Crippen molar-refractivity contribution in [3.05, 3.63) is 218 Å². The van der Waals surface area contributed by atoms with Crippen molar-refractivity contribution in [2.24, 2.45) is 0 Å². The Hall–Kier alpha value is -8.10. The molecule has 298 valence electrons. The van der Waals surface area contributed by atoms with Crippen LogP contribution in [-0.2, 0) is 0 Å². The van der Waals surface area contributed by atoms with Gasteiger partial charge in [-0.1, -0.05) is 182 Å². The molecule has 0 bridgehead atoms. The molecule has 1 aromatic heterocycles. The minimum Gasteiger partial charge on any atom is -0.135 e. The Labute approximate surface area is 378 Å². The van der Waals surface area contributed by atoms with Crippen LogP contribution in [0.2, 0.25) is 0 Å². The van der Waals surface area contributed by atoms with Crippen LogP contribution in [0.15, 0.2) is 218 Å². The largest absolute Gasteiger partial charge is 0.135 e. The summed E-state index contributed by atoms with van der Waals surface area (Å²) in [5, 5.41) is 26.1. The number of rotatable bonds is 3. The molecule has 0 spiro atoms. The number of thiophene rings is 1. The standard InChI is InChI=1S/C64H36S/c1-2-13-43-37(10-1)20-28-52-48-16-3-6-17-49(48)55(34-56(43)52)41-12-9-11-40(32-41)44-26-21-38-24-30-54-45(27-22-39-23-29-53(44)63(38)64(39)54)42-25-31-61-59(33-42)60-35-57-50-18-7-4-14-46(50)47-15-5-8-19-51(47)58(57)36-62(60)65-61/h1-36H. The molecule has 0 amide bonds. The second-order valence-corrected chi connectivity index (χ2v) is 19.0. The third kappa shape index (κ3) is 5.02. The van der Waals surface area contributed by atoms with Crippen LogP contribution in [0, 0.1) is 0 Å². The molecule has 0 saturated heterocycles. The predicted molar refractivity (Wildman–Crippen MR) is 284 cm³/mol. The van der Waals surface area contributed by atoms with Crippen LogP contribution in [-0.4, -0.2) is 0 Å². The monoisotopic (exact) mass is 836 g/mol. The molecule has 0 aliphatic carbocycles. The average Bonchev–Trinajstić information content (AvgIpc) is 3.74. The van der Waals surface area contributed by atoms with Crippen LogP contribution in [0.4, 0.5) is 0 Å². The fraction of sp³-hybridized carbons (Fsp3) is 0. The Morgan fingerprint density at radius 2 is 0.662 bits per heavy atom. The molecule has 0 radical (unpaired) electrons.